The highest BCUT2D eigenvalue weighted by Gasteiger charge is 2.26. The van der Waals surface area contributed by atoms with E-state index >= 15 is 0 Å². The smallest absolute Gasteiger partial charge is 0.265 e. The Kier molecular flexibility index (Phi) is 6.23. The van der Waals surface area contributed by atoms with Crippen LogP contribution in [0.25, 0.3) is 0 Å². The summed E-state index contributed by atoms with van der Waals surface area (Å²) in [5.74, 6) is 0.981. The Morgan fingerprint density at radius 1 is 1.11 bits per heavy atom. The Hall–Kier alpha value is -2.14. The van der Waals surface area contributed by atoms with Gasteiger partial charge in [0.2, 0.25) is 0 Å². The third-order valence-electron chi connectivity index (χ3n) is 5.45. The van der Waals surface area contributed by atoms with Gasteiger partial charge in [0.25, 0.3) is 11.8 Å². The van der Waals surface area contributed by atoms with Crippen molar-refractivity contribution >= 4 is 28.8 Å². The molecule has 1 aliphatic rings. The van der Waals surface area contributed by atoms with E-state index < -0.39 is 0 Å². The minimum Gasteiger partial charge on any atom is -0.338 e. The Morgan fingerprint density at radius 3 is 2.39 bits per heavy atom. The predicted octanol–water partition coefficient (Wildman–Crippen LogP) is 5.30. The number of hydrogen-bond acceptors (Lipinski definition) is 3. The van der Waals surface area contributed by atoms with Crippen LogP contribution < -0.4 is 5.32 Å². The molecular weight excluding hydrogens is 368 g/mol. The maximum atomic E-state index is 13.0. The number of amides is 2. The fourth-order valence-corrected chi connectivity index (χ4v) is 5.08. The third-order valence-corrected chi connectivity index (χ3v) is 6.83. The number of carbonyl (C=O) groups excluding carboxylic acids is 2. The molecule has 0 spiro atoms. The number of nitrogens with zero attached hydrogens (tertiary/aromatic N) is 1. The van der Waals surface area contributed by atoms with Crippen molar-refractivity contribution in [1.82, 2.24) is 4.90 Å². The largest absolute Gasteiger partial charge is 0.338 e. The van der Waals surface area contributed by atoms with Crippen molar-refractivity contribution in [2.24, 2.45) is 11.8 Å². The van der Waals surface area contributed by atoms with E-state index in [0.717, 1.165) is 30.6 Å². The molecule has 1 aromatic heterocycles. The monoisotopic (exact) mass is 398 g/mol. The first-order chi connectivity index (χ1) is 13.3. The Labute approximate surface area is 172 Å². The maximum Gasteiger partial charge on any atom is 0.265 e. The normalized spacial score (nSPS) is 19.5. The molecule has 4 nitrogen and oxygen atoms in total. The molecule has 150 valence electrons. The van der Waals surface area contributed by atoms with Crippen LogP contribution in [-0.2, 0) is 6.42 Å². The predicted molar refractivity (Wildman–Crippen MR) is 116 cm³/mol. The molecule has 5 heteroatoms. The van der Waals surface area contributed by atoms with Gasteiger partial charge in [-0.3, -0.25) is 9.59 Å². The summed E-state index contributed by atoms with van der Waals surface area (Å²) >= 11 is 1.54. The summed E-state index contributed by atoms with van der Waals surface area (Å²) in [4.78, 5) is 29.6. The molecule has 0 aliphatic carbocycles. The lowest BCUT2D eigenvalue weighted by Crippen LogP contribution is -2.42. The van der Waals surface area contributed by atoms with Gasteiger partial charge in [0.1, 0.15) is 0 Å². The summed E-state index contributed by atoms with van der Waals surface area (Å²) < 4.78 is 0. The molecule has 2 amide bonds. The molecule has 28 heavy (non-hydrogen) atoms. The van der Waals surface area contributed by atoms with Gasteiger partial charge in [0.05, 0.1) is 4.88 Å². The molecule has 3 rings (SSSR count). The number of carbonyl (C=O) groups is 2. The lowest BCUT2D eigenvalue weighted by Gasteiger charge is -2.35. The van der Waals surface area contributed by atoms with Crippen LogP contribution in [0.1, 0.15) is 63.2 Å². The Morgan fingerprint density at radius 2 is 1.79 bits per heavy atom. The summed E-state index contributed by atoms with van der Waals surface area (Å²) in [5, 5.41) is 3.01. The number of aryl methyl sites for hydroxylation is 3. The minimum atomic E-state index is -0.110. The van der Waals surface area contributed by atoms with Crippen LogP contribution in [-0.4, -0.2) is 29.8 Å². The fraction of sp³-hybridized carbons (Fsp3) is 0.478. The molecular formula is C23H30N2O2S. The van der Waals surface area contributed by atoms with Gasteiger partial charge in [-0.1, -0.05) is 26.8 Å². The number of piperidine rings is 1. The average molecular weight is 399 g/mol. The first-order valence-corrected chi connectivity index (χ1v) is 10.9. The summed E-state index contributed by atoms with van der Waals surface area (Å²) in [6, 6.07) is 7.54. The van der Waals surface area contributed by atoms with Gasteiger partial charge in [-0.15, -0.1) is 11.3 Å². The second-order valence-electron chi connectivity index (χ2n) is 8.21. The van der Waals surface area contributed by atoms with Crippen molar-refractivity contribution in [3.8, 4) is 0 Å². The first kappa shape index (κ1) is 20.6. The molecule has 1 aromatic carbocycles. The van der Waals surface area contributed by atoms with Crippen molar-refractivity contribution < 1.29 is 9.59 Å². The molecule has 0 bridgehead atoms. The van der Waals surface area contributed by atoms with E-state index in [1.165, 1.54) is 22.6 Å². The van der Waals surface area contributed by atoms with Crippen molar-refractivity contribution in [3.63, 3.8) is 0 Å². The topological polar surface area (TPSA) is 49.4 Å². The van der Waals surface area contributed by atoms with Crippen molar-refractivity contribution in [3.05, 3.63) is 50.7 Å². The van der Waals surface area contributed by atoms with Gasteiger partial charge in [-0.2, -0.15) is 0 Å². The van der Waals surface area contributed by atoms with E-state index in [2.05, 4.69) is 26.1 Å². The summed E-state index contributed by atoms with van der Waals surface area (Å²) in [7, 11) is 0. The van der Waals surface area contributed by atoms with Crippen molar-refractivity contribution in [2.45, 2.75) is 47.5 Å². The molecule has 1 fully saturated rings. The second kappa shape index (κ2) is 8.48. The second-order valence-corrected chi connectivity index (χ2v) is 9.35. The lowest BCUT2D eigenvalue weighted by atomic mass is 9.91. The van der Waals surface area contributed by atoms with Crippen LogP contribution >= 0.6 is 11.3 Å². The molecule has 2 atom stereocenters. The minimum absolute atomic E-state index is 0.0501. The van der Waals surface area contributed by atoms with E-state index in [1.54, 1.807) is 0 Å². The summed E-state index contributed by atoms with van der Waals surface area (Å²) in [5.41, 5.74) is 3.46. The zero-order valence-electron chi connectivity index (χ0n) is 17.5. The first-order valence-electron chi connectivity index (χ1n) is 10.1. The summed E-state index contributed by atoms with van der Waals surface area (Å²) in [6.45, 7) is 12.1. The van der Waals surface area contributed by atoms with E-state index in [1.807, 2.05) is 43.0 Å². The maximum absolute atomic E-state index is 13.0. The van der Waals surface area contributed by atoms with Gasteiger partial charge in [0.15, 0.2) is 0 Å². The number of anilines is 1. The quantitative estimate of drug-likeness (QED) is 0.760. The Bertz CT molecular complexity index is 877. The fourth-order valence-electron chi connectivity index (χ4n) is 4.07. The van der Waals surface area contributed by atoms with Crippen LogP contribution in [0.2, 0.25) is 0 Å². The number of hydrogen-bond donors (Lipinski definition) is 1. The molecule has 1 N–H and O–H groups in total. The van der Waals surface area contributed by atoms with Gasteiger partial charge in [-0.25, -0.2) is 0 Å². The van der Waals surface area contributed by atoms with Crippen LogP contribution in [0.3, 0.4) is 0 Å². The summed E-state index contributed by atoms with van der Waals surface area (Å²) in [6.07, 6.45) is 2.10. The van der Waals surface area contributed by atoms with Gasteiger partial charge < -0.3 is 10.2 Å². The van der Waals surface area contributed by atoms with E-state index in [-0.39, 0.29) is 11.8 Å². The highest BCUT2D eigenvalue weighted by atomic mass is 32.1. The standard InChI is InChI=1S/C23H30N2O2S/c1-6-20-17(5)10-21(28-20)22(26)24-19-11-18(8-7-16(19)4)23(27)25-12-14(2)9-15(3)13-25/h7-8,10-11,14-15H,6,9,12-13H2,1-5H3,(H,24,26). The zero-order chi connectivity index (χ0) is 20.4. The Balaban J connectivity index is 1.79. The van der Waals surface area contributed by atoms with Crippen LogP contribution in [0.5, 0.6) is 0 Å². The highest BCUT2D eigenvalue weighted by Crippen LogP contribution is 2.26. The average Bonchev–Trinajstić information content (AvgIpc) is 3.03. The molecule has 2 unspecified atom stereocenters. The zero-order valence-corrected chi connectivity index (χ0v) is 18.3. The molecule has 0 radical (unpaired) electrons. The van der Waals surface area contributed by atoms with Crippen LogP contribution in [0, 0.1) is 25.7 Å². The van der Waals surface area contributed by atoms with E-state index in [0.29, 0.717) is 28.0 Å². The van der Waals surface area contributed by atoms with E-state index in [9.17, 15) is 9.59 Å². The molecule has 1 saturated heterocycles. The molecule has 0 saturated carbocycles. The van der Waals surface area contributed by atoms with Crippen molar-refractivity contribution in [2.75, 3.05) is 18.4 Å². The SMILES string of the molecule is CCc1sc(C(=O)Nc2cc(C(=O)N3CC(C)CC(C)C3)ccc2C)cc1C. The van der Waals surface area contributed by atoms with Gasteiger partial charge in [0, 0.05) is 29.2 Å². The van der Waals surface area contributed by atoms with Crippen LogP contribution in [0.15, 0.2) is 24.3 Å². The number of rotatable bonds is 4. The van der Waals surface area contributed by atoms with Gasteiger partial charge >= 0.3 is 0 Å². The molecule has 2 heterocycles. The number of thiophene rings is 1. The van der Waals surface area contributed by atoms with Crippen molar-refractivity contribution in [1.29, 1.82) is 0 Å². The lowest BCUT2D eigenvalue weighted by molar-refractivity contribution is 0.0623. The van der Waals surface area contributed by atoms with Crippen LogP contribution in [0.4, 0.5) is 5.69 Å². The van der Waals surface area contributed by atoms with Gasteiger partial charge in [-0.05, 0) is 67.9 Å². The number of nitrogens with one attached hydrogen (secondary N) is 1. The van der Waals surface area contributed by atoms with E-state index in [4.69, 9.17) is 0 Å². The molecule has 2 aromatic rings. The molecule has 1 aliphatic heterocycles. The third kappa shape index (κ3) is 4.46. The number of benzene rings is 1. The number of likely N-dealkylation sites (tertiary alicyclic amines) is 1. The highest BCUT2D eigenvalue weighted by molar-refractivity contribution is 7.14.